The highest BCUT2D eigenvalue weighted by Gasteiger charge is 2.21. The molecule has 1 amide bonds. The van der Waals surface area contributed by atoms with E-state index in [9.17, 15) is 4.79 Å². The summed E-state index contributed by atoms with van der Waals surface area (Å²) in [5.41, 5.74) is 4.06. The van der Waals surface area contributed by atoms with Crippen molar-refractivity contribution in [3.63, 3.8) is 0 Å². The summed E-state index contributed by atoms with van der Waals surface area (Å²) in [5.74, 6) is 0.609. The number of nitrogens with one attached hydrogen (secondary N) is 1. The topological polar surface area (TPSA) is 51.2 Å². The lowest BCUT2D eigenvalue weighted by Gasteiger charge is -2.10. The maximum absolute atomic E-state index is 12.7. The Morgan fingerprint density at radius 3 is 2.85 bits per heavy atom. The second kappa shape index (κ2) is 7.26. The van der Waals surface area contributed by atoms with E-state index in [2.05, 4.69) is 10.3 Å². The number of hydrogen-bond donors (Lipinski definition) is 1. The lowest BCUT2D eigenvalue weighted by atomic mass is 10.1. The molecule has 2 aromatic carbocycles. The minimum Gasteiger partial charge on any atom is -0.376 e. The molecule has 4 rings (SSSR count). The minimum atomic E-state index is -0.142. The first-order chi connectivity index (χ1) is 12.7. The van der Waals surface area contributed by atoms with E-state index in [0.29, 0.717) is 12.2 Å². The van der Waals surface area contributed by atoms with E-state index in [4.69, 9.17) is 4.74 Å². The number of carbonyl (C=O) groups is 1. The highest BCUT2D eigenvalue weighted by Crippen LogP contribution is 2.29. The van der Waals surface area contributed by atoms with Crippen LogP contribution >= 0.6 is 0 Å². The monoisotopic (exact) mass is 346 g/mol. The Labute approximate surface area is 153 Å². The zero-order valence-corrected chi connectivity index (χ0v) is 14.9. The van der Waals surface area contributed by atoms with E-state index in [0.717, 1.165) is 40.4 Å². The molecule has 0 bridgehead atoms. The van der Waals surface area contributed by atoms with Crippen molar-refractivity contribution in [3.8, 4) is 0 Å². The standard InChI is InChI=1S/C22H22N2O2/c1-15-20(12-18-6-2-3-8-21(18)23-15)22(25)24-19-7-4-5-17(11-19)14-26-13-16-9-10-16/h2-8,11-12,16H,9-10,13-14H2,1H3,(H,24,25). The van der Waals surface area contributed by atoms with Gasteiger partial charge >= 0.3 is 0 Å². The number of carbonyl (C=O) groups excluding carboxylic acids is 1. The number of para-hydroxylation sites is 1. The average molecular weight is 346 g/mol. The van der Waals surface area contributed by atoms with Gasteiger partial charge in [-0.1, -0.05) is 30.3 Å². The maximum atomic E-state index is 12.7. The molecule has 0 aliphatic heterocycles. The van der Waals surface area contributed by atoms with Crippen LogP contribution < -0.4 is 5.32 Å². The fraction of sp³-hybridized carbons (Fsp3) is 0.273. The number of benzene rings is 2. The number of anilines is 1. The average Bonchev–Trinajstić information content (AvgIpc) is 3.46. The van der Waals surface area contributed by atoms with Gasteiger partial charge in [-0.25, -0.2) is 0 Å². The third kappa shape index (κ3) is 3.92. The van der Waals surface area contributed by atoms with E-state index < -0.39 is 0 Å². The molecule has 1 N–H and O–H groups in total. The summed E-state index contributed by atoms with van der Waals surface area (Å²) in [4.78, 5) is 17.3. The highest BCUT2D eigenvalue weighted by atomic mass is 16.5. The molecule has 0 spiro atoms. The van der Waals surface area contributed by atoms with Crippen LogP contribution in [-0.4, -0.2) is 17.5 Å². The van der Waals surface area contributed by atoms with Crippen molar-refractivity contribution in [1.29, 1.82) is 0 Å². The van der Waals surface area contributed by atoms with Gasteiger partial charge in [-0.15, -0.1) is 0 Å². The smallest absolute Gasteiger partial charge is 0.257 e. The number of ether oxygens (including phenoxy) is 1. The maximum Gasteiger partial charge on any atom is 0.257 e. The number of rotatable bonds is 6. The van der Waals surface area contributed by atoms with Crippen LogP contribution in [0.5, 0.6) is 0 Å². The summed E-state index contributed by atoms with van der Waals surface area (Å²) in [6.07, 6.45) is 2.57. The fourth-order valence-corrected chi connectivity index (χ4v) is 3.01. The first-order valence-corrected chi connectivity index (χ1v) is 9.03. The van der Waals surface area contributed by atoms with Crippen molar-refractivity contribution in [2.45, 2.75) is 26.4 Å². The lowest BCUT2D eigenvalue weighted by molar-refractivity contribution is 0.102. The molecule has 1 aliphatic rings. The van der Waals surface area contributed by atoms with Crippen LogP contribution in [-0.2, 0) is 11.3 Å². The van der Waals surface area contributed by atoms with Crippen LogP contribution in [0.1, 0.15) is 34.5 Å². The number of amides is 1. The van der Waals surface area contributed by atoms with E-state index in [1.807, 2.05) is 61.5 Å². The molecule has 4 heteroatoms. The molecule has 0 radical (unpaired) electrons. The van der Waals surface area contributed by atoms with Crippen LogP contribution in [0.15, 0.2) is 54.6 Å². The molecule has 0 unspecified atom stereocenters. The van der Waals surface area contributed by atoms with Gasteiger partial charge in [0.2, 0.25) is 0 Å². The van der Waals surface area contributed by atoms with Gasteiger partial charge in [0.1, 0.15) is 0 Å². The van der Waals surface area contributed by atoms with Crippen LogP contribution in [0, 0.1) is 12.8 Å². The van der Waals surface area contributed by atoms with Crippen LogP contribution in [0.2, 0.25) is 0 Å². The second-order valence-electron chi connectivity index (χ2n) is 6.93. The Morgan fingerprint density at radius 1 is 1.15 bits per heavy atom. The van der Waals surface area contributed by atoms with E-state index in [1.165, 1.54) is 12.8 Å². The first-order valence-electron chi connectivity index (χ1n) is 9.03. The Hall–Kier alpha value is -2.72. The normalized spacial score (nSPS) is 13.7. The third-order valence-electron chi connectivity index (χ3n) is 4.66. The first kappa shape index (κ1) is 16.7. The number of aromatic nitrogens is 1. The summed E-state index contributed by atoms with van der Waals surface area (Å²) in [6, 6.07) is 17.5. The number of hydrogen-bond acceptors (Lipinski definition) is 3. The van der Waals surface area contributed by atoms with Gasteiger partial charge in [0, 0.05) is 17.7 Å². The van der Waals surface area contributed by atoms with Crippen molar-refractivity contribution in [1.82, 2.24) is 4.98 Å². The Balaban J connectivity index is 1.48. The van der Waals surface area contributed by atoms with Gasteiger partial charge in [-0.05, 0) is 55.5 Å². The minimum absolute atomic E-state index is 0.142. The molecule has 1 heterocycles. The van der Waals surface area contributed by atoms with E-state index in [1.54, 1.807) is 0 Å². The van der Waals surface area contributed by atoms with Gasteiger partial charge in [-0.3, -0.25) is 9.78 Å². The third-order valence-corrected chi connectivity index (χ3v) is 4.66. The predicted molar refractivity (Wildman–Crippen MR) is 103 cm³/mol. The molecule has 3 aromatic rings. The summed E-state index contributed by atoms with van der Waals surface area (Å²) < 4.78 is 5.73. The molecule has 0 atom stereocenters. The SMILES string of the molecule is Cc1nc2ccccc2cc1C(=O)Nc1cccc(COCC2CC2)c1. The van der Waals surface area contributed by atoms with Gasteiger partial charge in [-0.2, -0.15) is 0 Å². The van der Waals surface area contributed by atoms with Crippen molar-refractivity contribution >= 4 is 22.5 Å². The van der Waals surface area contributed by atoms with Crippen molar-refractivity contribution in [2.75, 3.05) is 11.9 Å². The highest BCUT2D eigenvalue weighted by molar-refractivity contribution is 6.06. The number of fused-ring (bicyclic) bond motifs is 1. The van der Waals surface area contributed by atoms with Crippen molar-refractivity contribution in [2.24, 2.45) is 5.92 Å². The van der Waals surface area contributed by atoms with E-state index >= 15 is 0 Å². The van der Waals surface area contributed by atoms with Crippen LogP contribution in [0.4, 0.5) is 5.69 Å². The van der Waals surface area contributed by atoms with E-state index in [-0.39, 0.29) is 5.91 Å². The molecule has 1 saturated carbocycles. The number of nitrogens with zero attached hydrogens (tertiary/aromatic N) is 1. The fourth-order valence-electron chi connectivity index (χ4n) is 3.01. The molecule has 132 valence electrons. The molecular formula is C22H22N2O2. The second-order valence-corrected chi connectivity index (χ2v) is 6.93. The Bertz CT molecular complexity index is 948. The van der Waals surface area contributed by atoms with Crippen LogP contribution in [0.3, 0.4) is 0 Å². The molecular weight excluding hydrogens is 324 g/mol. The molecule has 26 heavy (non-hydrogen) atoms. The zero-order valence-electron chi connectivity index (χ0n) is 14.9. The van der Waals surface area contributed by atoms with Gasteiger partial charge in [0.25, 0.3) is 5.91 Å². The van der Waals surface area contributed by atoms with Gasteiger partial charge in [0.15, 0.2) is 0 Å². The van der Waals surface area contributed by atoms with Crippen molar-refractivity contribution in [3.05, 3.63) is 71.4 Å². The Morgan fingerprint density at radius 2 is 2.00 bits per heavy atom. The summed E-state index contributed by atoms with van der Waals surface area (Å²) in [7, 11) is 0. The molecule has 1 fully saturated rings. The number of aryl methyl sites for hydroxylation is 1. The number of pyridine rings is 1. The van der Waals surface area contributed by atoms with Crippen molar-refractivity contribution < 1.29 is 9.53 Å². The zero-order chi connectivity index (χ0) is 17.9. The van der Waals surface area contributed by atoms with Gasteiger partial charge < -0.3 is 10.1 Å². The van der Waals surface area contributed by atoms with Gasteiger partial charge in [0.05, 0.1) is 23.4 Å². The Kier molecular flexibility index (Phi) is 4.67. The lowest BCUT2D eigenvalue weighted by Crippen LogP contribution is -2.14. The quantitative estimate of drug-likeness (QED) is 0.702. The summed E-state index contributed by atoms with van der Waals surface area (Å²) in [5, 5.41) is 3.94. The predicted octanol–water partition coefficient (Wildman–Crippen LogP) is 4.72. The van der Waals surface area contributed by atoms with Crippen LogP contribution in [0.25, 0.3) is 10.9 Å². The summed E-state index contributed by atoms with van der Waals surface area (Å²) >= 11 is 0. The molecule has 0 saturated heterocycles. The summed E-state index contributed by atoms with van der Waals surface area (Å²) in [6.45, 7) is 3.28. The molecule has 1 aliphatic carbocycles. The molecule has 1 aromatic heterocycles. The largest absolute Gasteiger partial charge is 0.376 e. The molecule has 4 nitrogen and oxygen atoms in total.